The summed E-state index contributed by atoms with van der Waals surface area (Å²) >= 11 is 0. The SMILES string of the molecule is CNc1ncc([N+](=O)[O-])c(NCCc2ccccc2)n1. The molecule has 0 radical (unpaired) electrons. The first-order valence-electron chi connectivity index (χ1n) is 6.17. The molecule has 0 fully saturated rings. The summed E-state index contributed by atoms with van der Waals surface area (Å²) in [5.74, 6) is 0.572. The highest BCUT2D eigenvalue weighted by molar-refractivity contribution is 5.56. The van der Waals surface area contributed by atoms with Crippen LogP contribution in [0.5, 0.6) is 0 Å². The summed E-state index contributed by atoms with van der Waals surface area (Å²) in [4.78, 5) is 18.3. The van der Waals surface area contributed by atoms with Gasteiger partial charge in [0.1, 0.15) is 6.20 Å². The van der Waals surface area contributed by atoms with Gasteiger partial charge in [0.05, 0.1) is 4.92 Å². The Balaban J connectivity index is 2.06. The minimum atomic E-state index is -0.496. The summed E-state index contributed by atoms with van der Waals surface area (Å²) in [6, 6.07) is 9.89. The Morgan fingerprint density at radius 1 is 1.30 bits per heavy atom. The first-order valence-corrected chi connectivity index (χ1v) is 6.17. The van der Waals surface area contributed by atoms with Crippen molar-refractivity contribution in [3.8, 4) is 0 Å². The van der Waals surface area contributed by atoms with E-state index >= 15 is 0 Å². The molecular weight excluding hydrogens is 258 g/mol. The van der Waals surface area contributed by atoms with Gasteiger partial charge >= 0.3 is 5.69 Å². The van der Waals surface area contributed by atoms with Crippen molar-refractivity contribution >= 4 is 17.5 Å². The van der Waals surface area contributed by atoms with Crippen molar-refractivity contribution < 1.29 is 4.92 Å². The lowest BCUT2D eigenvalue weighted by atomic mass is 10.1. The maximum absolute atomic E-state index is 10.9. The first-order chi connectivity index (χ1) is 9.70. The van der Waals surface area contributed by atoms with E-state index in [1.54, 1.807) is 7.05 Å². The molecule has 0 unspecified atom stereocenters. The van der Waals surface area contributed by atoms with E-state index in [0.717, 1.165) is 12.0 Å². The van der Waals surface area contributed by atoms with Crippen LogP contribution in [0.1, 0.15) is 5.56 Å². The Hall–Kier alpha value is -2.70. The zero-order valence-corrected chi connectivity index (χ0v) is 11.0. The molecule has 0 spiro atoms. The van der Waals surface area contributed by atoms with Gasteiger partial charge in [-0.1, -0.05) is 30.3 Å². The van der Waals surface area contributed by atoms with Crippen LogP contribution in [0.2, 0.25) is 0 Å². The molecule has 0 aliphatic rings. The van der Waals surface area contributed by atoms with Crippen molar-refractivity contribution in [3.05, 3.63) is 52.2 Å². The van der Waals surface area contributed by atoms with E-state index in [-0.39, 0.29) is 11.5 Å². The third-order valence-corrected chi connectivity index (χ3v) is 2.74. The Labute approximate surface area is 116 Å². The van der Waals surface area contributed by atoms with E-state index in [2.05, 4.69) is 20.6 Å². The van der Waals surface area contributed by atoms with Crippen LogP contribution in [0.4, 0.5) is 17.5 Å². The number of rotatable bonds is 6. The number of benzene rings is 1. The van der Waals surface area contributed by atoms with E-state index in [0.29, 0.717) is 12.5 Å². The van der Waals surface area contributed by atoms with Gasteiger partial charge in [-0.05, 0) is 12.0 Å². The van der Waals surface area contributed by atoms with Gasteiger partial charge in [-0.15, -0.1) is 0 Å². The molecule has 20 heavy (non-hydrogen) atoms. The van der Waals surface area contributed by atoms with Crippen molar-refractivity contribution in [2.24, 2.45) is 0 Å². The van der Waals surface area contributed by atoms with Crippen molar-refractivity contribution in [1.29, 1.82) is 0 Å². The minimum absolute atomic E-state index is 0.128. The number of hydrogen-bond donors (Lipinski definition) is 2. The second-order valence-electron chi connectivity index (χ2n) is 4.10. The predicted molar refractivity (Wildman–Crippen MR) is 76.9 cm³/mol. The highest BCUT2D eigenvalue weighted by Crippen LogP contribution is 2.21. The lowest BCUT2D eigenvalue weighted by Gasteiger charge is -2.07. The summed E-state index contributed by atoms with van der Waals surface area (Å²) in [5, 5.41) is 16.7. The fourth-order valence-corrected chi connectivity index (χ4v) is 1.73. The van der Waals surface area contributed by atoms with Crippen molar-refractivity contribution in [3.63, 3.8) is 0 Å². The Morgan fingerprint density at radius 2 is 2.05 bits per heavy atom. The smallest absolute Gasteiger partial charge is 0.329 e. The van der Waals surface area contributed by atoms with Crippen LogP contribution >= 0.6 is 0 Å². The minimum Gasteiger partial charge on any atom is -0.364 e. The fraction of sp³-hybridized carbons (Fsp3) is 0.231. The predicted octanol–water partition coefficient (Wildman–Crippen LogP) is 2.08. The molecule has 2 N–H and O–H groups in total. The van der Waals surface area contributed by atoms with Gasteiger partial charge in [-0.3, -0.25) is 10.1 Å². The van der Waals surface area contributed by atoms with Gasteiger partial charge in [-0.25, -0.2) is 4.98 Å². The average molecular weight is 273 g/mol. The van der Waals surface area contributed by atoms with Crippen molar-refractivity contribution in [2.75, 3.05) is 24.2 Å². The molecule has 0 saturated carbocycles. The molecule has 1 aromatic heterocycles. The van der Waals surface area contributed by atoms with Crippen molar-refractivity contribution in [1.82, 2.24) is 9.97 Å². The van der Waals surface area contributed by atoms with Crippen LogP contribution in [-0.4, -0.2) is 28.5 Å². The molecule has 0 amide bonds. The van der Waals surface area contributed by atoms with Gasteiger partial charge in [-0.2, -0.15) is 4.98 Å². The number of nitrogens with one attached hydrogen (secondary N) is 2. The van der Waals surface area contributed by atoms with Gasteiger partial charge in [0.25, 0.3) is 0 Å². The number of nitrogens with zero attached hydrogens (tertiary/aromatic N) is 3. The Bertz CT molecular complexity index is 589. The summed E-state index contributed by atoms with van der Waals surface area (Å²) in [7, 11) is 1.66. The van der Waals surface area contributed by atoms with E-state index in [1.807, 2.05) is 30.3 Å². The molecule has 1 aromatic carbocycles. The first kappa shape index (κ1) is 13.7. The molecule has 104 valence electrons. The Morgan fingerprint density at radius 3 is 2.70 bits per heavy atom. The highest BCUT2D eigenvalue weighted by Gasteiger charge is 2.16. The maximum atomic E-state index is 10.9. The molecule has 0 aliphatic carbocycles. The molecule has 0 atom stereocenters. The second kappa shape index (κ2) is 6.46. The van der Waals surface area contributed by atoms with Crippen molar-refractivity contribution in [2.45, 2.75) is 6.42 Å². The number of aromatic nitrogens is 2. The van der Waals surface area contributed by atoms with Crippen LogP contribution in [0, 0.1) is 10.1 Å². The fourth-order valence-electron chi connectivity index (χ4n) is 1.73. The molecule has 0 saturated heterocycles. The largest absolute Gasteiger partial charge is 0.364 e. The third-order valence-electron chi connectivity index (χ3n) is 2.74. The molecule has 7 nitrogen and oxygen atoms in total. The average Bonchev–Trinajstić information content (AvgIpc) is 2.48. The Kier molecular flexibility index (Phi) is 4.43. The van der Waals surface area contributed by atoms with Crippen LogP contribution in [-0.2, 0) is 6.42 Å². The number of hydrogen-bond acceptors (Lipinski definition) is 6. The standard InChI is InChI=1S/C13H15N5O2/c1-14-13-16-9-11(18(19)20)12(17-13)15-8-7-10-5-3-2-4-6-10/h2-6,9H,7-8H2,1H3,(H2,14,15,16,17). The summed E-state index contributed by atoms with van der Waals surface area (Å²) in [5.41, 5.74) is 1.03. The molecule has 0 bridgehead atoms. The lowest BCUT2D eigenvalue weighted by molar-refractivity contribution is -0.384. The van der Waals surface area contributed by atoms with E-state index in [1.165, 1.54) is 6.20 Å². The molecular formula is C13H15N5O2. The summed E-state index contributed by atoms with van der Waals surface area (Å²) < 4.78 is 0. The number of nitro groups is 1. The third kappa shape index (κ3) is 3.41. The monoisotopic (exact) mass is 273 g/mol. The normalized spacial score (nSPS) is 10.1. The maximum Gasteiger partial charge on any atom is 0.329 e. The lowest BCUT2D eigenvalue weighted by Crippen LogP contribution is -2.10. The highest BCUT2D eigenvalue weighted by atomic mass is 16.6. The zero-order chi connectivity index (χ0) is 14.4. The van der Waals surface area contributed by atoms with Gasteiger partial charge < -0.3 is 10.6 Å². The second-order valence-corrected chi connectivity index (χ2v) is 4.10. The van der Waals surface area contributed by atoms with Crippen LogP contribution in [0.3, 0.4) is 0 Å². The van der Waals surface area contributed by atoms with Crippen LogP contribution in [0.25, 0.3) is 0 Å². The quantitative estimate of drug-likeness (QED) is 0.618. The van der Waals surface area contributed by atoms with E-state index in [9.17, 15) is 10.1 Å². The topological polar surface area (TPSA) is 93.0 Å². The molecule has 2 aromatic rings. The summed E-state index contributed by atoms with van der Waals surface area (Å²) in [6.45, 7) is 0.561. The van der Waals surface area contributed by atoms with E-state index < -0.39 is 4.92 Å². The van der Waals surface area contributed by atoms with Gasteiger partial charge in [0.15, 0.2) is 0 Å². The zero-order valence-electron chi connectivity index (χ0n) is 11.0. The van der Waals surface area contributed by atoms with Crippen LogP contribution < -0.4 is 10.6 Å². The molecule has 7 heteroatoms. The molecule has 0 aliphatic heterocycles. The van der Waals surface area contributed by atoms with E-state index in [4.69, 9.17) is 0 Å². The van der Waals surface area contributed by atoms with Gasteiger partial charge in [0, 0.05) is 13.6 Å². The molecule has 1 heterocycles. The molecule has 2 rings (SSSR count). The summed E-state index contributed by atoms with van der Waals surface area (Å²) in [6.07, 6.45) is 1.96. The van der Waals surface area contributed by atoms with Crippen LogP contribution in [0.15, 0.2) is 36.5 Å². The van der Waals surface area contributed by atoms with Gasteiger partial charge in [0.2, 0.25) is 11.8 Å². The number of anilines is 2.